The van der Waals surface area contributed by atoms with Crippen LogP contribution in [-0.2, 0) is 0 Å². The van der Waals surface area contributed by atoms with Crippen molar-refractivity contribution in [3.63, 3.8) is 0 Å². The number of aromatic nitrogens is 1. The van der Waals surface area contributed by atoms with E-state index >= 15 is 0 Å². The zero-order chi connectivity index (χ0) is 13.3. The summed E-state index contributed by atoms with van der Waals surface area (Å²) in [5, 5.41) is 6.17. The molecule has 1 aromatic carbocycles. The summed E-state index contributed by atoms with van der Waals surface area (Å²) >= 11 is 8.99. The van der Waals surface area contributed by atoms with E-state index in [4.69, 9.17) is 16.1 Å². The van der Waals surface area contributed by atoms with Crippen LogP contribution in [0.3, 0.4) is 0 Å². The number of hydrogen-bond donors (Lipinski definition) is 1. The van der Waals surface area contributed by atoms with Gasteiger partial charge in [0.25, 0.3) is 5.91 Å². The first-order valence-electron chi connectivity index (χ1n) is 4.86. The Kier molecular flexibility index (Phi) is 3.68. The van der Waals surface area contributed by atoms with Gasteiger partial charge in [-0.1, -0.05) is 16.8 Å². The third-order valence-corrected chi connectivity index (χ3v) is 3.16. The molecule has 0 atom stereocenters. The first-order chi connectivity index (χ1) is 8.49. The molecule has 0 spiro atoms. The molecular weight excluding hydrogens is 326 g/mol. The summed E-state index contributed by atoms with van der Waals surface area (Å²) in [5.74, 6) is -0.532. The highest BCUT2D eigenvalue weighted by molar-refractivity contribution is 9.10. The molecule has 0 radical (unpaired) electrons. The van der Waals surface area contributed by atoms with Crippen LogP contribution < -0.4 is 5.32 Å². The molecule has 7 heteroatoms. The molecule has 2 aromatic rings. The highest BCUT2D eigenvalue weighted by Gasteiger charge is 2.16. The van der Waals surface area contributed by atoms with E-state index in [1.165, 1.54) is 12.3 Å². The molecule has 1 N–H and O–H groups in total. The Morgan fingerprint density at radius 2 is 2.28 bits per heavy atom. The summed E-state index contributed by atoms with van der Waals surface area (Å²) in [6.07, 6.45) is 1.30. The Morgan fingerprint density at radius 3 is 2.83 bits per heavy atom. The Hall–Kier alpha value is -1.40. The zero-order valence-electron chi connectivity index (χ0n) is 9.13. The number of rotatable bonds is 2. The fraction of sp³-hybridized carbons (Fsp3) is 0.0909. The van der Waals surface area contributed by atoms with Gasteiger partial charge in [0, 0.05) is 4.47 Å². The van der Waals surface area contributed by atoms with Gasteiger partial charge in [-0.15, -0.1) is 0 Å². The smallest absolute Gasteiger partial charge is 0.260 e. The van der Waals surface area contributed by atoms with Crippen LogP contribution >= 0.6 is 27.5 Å². The van der Waals surface area contributed by atoms with Crippen LogP contribution in [0.4, 0.5) is 10.1 Å². The Balaban J connectivity index is 2.31. The third kappa shape index (κ3) is 2.54. The van der Waals surface area contributed by atoms with Crippen molar-refractivity contribution in [1.29, 1.82) is 0 Å². The van der Waals surface area contributed by atoms with Gasteiger partial charge in [0.1, 0.15) is 17.1 Å². The molecule has 0 aliphatic heterocycles. The molecule has 0 bridgehead atoms. The topological polar surface area (TPSA) is 55.1 Å². The van der Waals surface area contributed by atoms with Gasteiger partial charge in [-0.2, -0.15) is 0 Å². The van der Waals surface area contributed by atoms with Crippen molar-refractivity contribution in [3.8, 4) is 0 Å². The van der Waals surface area contributed by atoms with Crippen molar-refractivity contribution in [2.75, 3.05) is 5.32 Å². The average Bonchev–Trinajstić information content (AvgIpc) is 2.69. The van der Waals surface area contributed by atoms with E-state index in [0.29, 0.717) is 21.5 Å². The minimum Gasteiger partial charge on any atom is -0.361 e. The van der Waals surface area contributed by atoms with E-state index in [1.807, 2.05) is 0 Å². The Bertz CT molecular complexity index is 592. The van der Waals surface area contributed by atoms with Gasteiger partial charge in [-0.25, -0.2) is 4.39 Å². The Labute approximate surface area is 115 Å². The third-order valence-electron chi connectivity index (χ3n) is 2.24. The molecule has 1 amide bonds. The lowest BCUT2D eigenvalue weighted by atomic mass is 10.2. The van der Waals surface area contributed by atoms with Crippen LogP contribution in [0.2, 0.25) is 5.02 Å². The molecule has 18 heavy (non-hydrogen) atoms. The van der Waals surface area contributed by atoms with Crippen molar-refractivity contribution >= 4 is 39.1 Å². The molecule has 0 saturated heterocycles. The van der Waals surface area contributed by atoms with Crippen LogP contribution in [0.25, 0.3) is 0 Å². The first kappa shape index (κ1) is 13.0. The number of amides is 1. The van der Waals surface area contributed by atoms with Crippen molar-refractivity contribution in [2.24, 2.45) is 0 Å². The molecule has 94 valence electrons. The second-order valence-corrected chi connectivity index (χ2v) is 4.76. The summed E-state index contributed by atoms with van der Waals surface area (Å²) in [6, 6.07) is 2.32. The van der Waals surface area contributed by atoms with Gasteiger partial charge in [-0.05, 0) is 35.0 Å². The number of hydrogen-bond acceptors (Lipinski definition) is 3. The van der Waals surface area contributed by atoms with E-state index in [-0.39, 0.29) is 5.02 Å². The molecule has 0 aliphatic carbocycles. The van der Waals surface area contributed by atoms with Gasteiger partial charge in [0.15, 0.2) is 0 Å². The fourth-order valence-corrected chi connectivity index (χ4v) is 2.26. The first-order valence-corrected chi connectivity index (χ1v) is 6.03. The average molecular weight is 334 g/mol. The second-order valence-electron chi connectivity index (χ2n) is 3.49. The number of halogens is 3. The molecular formula is C11H7BrClFN2O2. The highest BCUT2D eigenvalue weighted by atomic mass is 79.9. The van der Waals surface area contributed by atoms with E-state index in [0.717, 1.165) is 6.07 Å². The molecule has 0 aliphatic rings. The molecule has 0 fully saturated rings. The molecule has 1 heterocycles. The predicted molar refractivity (Wildman–Crippen MR) is 68.3 cm³/mol. The summed E-state index contributed by atoms with van der Waals surface area (Å²) in [7, 11) is 0. The lowest BCUT2D eigenvalue weighted by Crippen LogP contribution is -2.13. The van der Waals surface area contributed by atoms with Crippen molar-refractivity contribution < 1.29 is 13.7 Å². The Morgan fingerprint density at radius 1 is 1.56 bits per heavy atom. The maximum absolute atomic E-state index is 13.0. The molecule has 0 saturated carbocycles. The summed E-state index contributed by atoms with van der Waals surface area (Å²) in [6.45, 7) is 1.61. The number of benzene rings is 1. The van der Waals surface area contributed by atoms with Crippen LogP contribution in [0.1, 0.15) is 16.1 Å². The minimum atomic E-state index is -0.494. The number of carbonyl (C=O) groups is 1. The van der Waals surface area contributed by atoms with E-state index in [9.17, 15) is 9.18 Å². The summed E-state index contributed by atoms with van der Waals surface area (Å²) < 4.78 is 18.2. The summed E-state index contributed by atoms with van der Waals surface area (Å²) in [4.78, 5) is 11.9. The highest BCUT2D eigenvalue weighted by Crippen LogP contribution is 2.32. The largest absolute Gasteiger partial charge is 0.361 e. The monoisotopic (exact) mass is 332 g/mol. The lowest BCUT2D eigenvalue weighted by Gasteiger charge is -2.08. The van der Waals surface area contributed by atoms with Crippen LogP contribution in [0, 0.1) is 12.7 Å². The fourth-order valence-electron chi connectivity index (χ4n) is 1.36. The van der Waals surface area contributed by atoms with Crippen LogP contribution in [0.15, 0.2) is 27.3 Å². The maximum Gasteiger partial charge on any atom is 0.260 e. The quantitative estimate of drug-likeness (QED) is 0.909. The van der Waals surface area contributed by atoms with Gasteiger partial charge in [0.05, 0.1) is 16.9 Å². The number of carbonyl (C=O) groups excluding carboxylic acids is 1. The van der Waals surface area contributed by atoms with E-state index in [2.05, 4.69) is 26.4 Å². The van der Waals surface area contributed by atoms with Crippen LogP contribution in [0.5, 0.6) is 0 Å². The lowest BCUT2D eigenvalue weighted by molar-refractivity contribution is 0.102. The second kappa shape index (κ2) is 5.07. The predicted octanol–water partition coefficient (Wildman–Crippen LogP) is 3.79. The number of anilines is 1. The SMILES string of the molecule is Cc1oncc1C(=O)Nc1c(Cl)cc(F)cc1Br. The zero-order valence-corrected chi connectivity index (χ0v) is 11.5. The molecule has 0 unspecified atom stereocenters. The van der Waals surface area contributed by atoms with Crippen molar-refractivity contribution in [2.45, 2.75) is 6.92 Å². The van der Waals surface area contributed by atoms with Crippen molar-refractivity contribution in [1.82, 2.24) is 5.16 Å². The van der Waals surface area contributed by atoms with E-state index < -0.39 is 11.7 Å². The standard InChI is InChI=1S/C11H7BrClFN2O2/c1-5-7(4-15-18-5)11(17)16-10-8(12)2-6(14)3-9(10)13/h2-4H,1H3,(H,16,17). The van der Waals surface area contributed by atoms with Gasteiger partial charge in [-0.3, -0.25) is 4.79 Å². The molecule has 1 aromatic heterocycles. The number of nitrogens with zero attached hydrogens (tertiary/aromatic N) is 1. The van der Waals surface area contributed by atoms with E-state index in [1.54, 1.807) is 6.92 Å². The number of aryl methyl sites for hydroxylation is 1. The van der Waals surface area contributed by atoms with Crippen LogP contribution in [-0.4, -0.2) is 11.1 Å². The summed E-state index contributed by atoms with van der Waals surface area (Å²) in [5.41, 5.74) is 0.589. The molecule has 2 rings (SSSR count). The number of nitrogens with one attached hydrogen (secondary N) is 1. The molecule has 4 nitrogen and oxygen atoms in total. The van der Waals surface area contributed by atoms with Gasteiger partial charge in [0.2, 0.25) is 0 Å². The van der Waals surface area contributed by atoms with Crippen molar-refractivity contribution in [3.05, 3.63) is 45.0 Å². The normalized spacial score (nSPS) is 10.4. The maximum atomic E-state index is 13.0. The van der Waals surface area contributed by atoms with Gasteiger partial charge >= 0.3 is 0 Å². The minimum absolute atomic E-state index is 0.101. The van der Waals surface area contributed by atoms with Gasteiger partial charge < -0.3 is 9.84 Å².